The minimum absolute atomic E-state index is 0.139. The predicted molar refractivity (Wildman–Crippen MR) is 136 cm³/mol. The molecular weight excluding hydrogens is 491 g/mol. The van der Waals surface area contributed by atoms with Crippen LogP contribution in [0.15, 0.2) is 42.5 Å². The van der Waals surface area contributed by atoms with Crippen LogP contribution in [0.4, 0.5) is 5.69 Å². The highest BCUT2D eigenvalue weighted by Crippen LogP contribution is 2.43. The molecule has 0 aromatic heterocycles. The monoisotopic (exact) mass is 520 g/mol. The molecule has 2 aromatic carbocycles. The number of nitrogens with zero attached hydrogens (tertiary/aromatic N) is 1. The second-order valence-electron chi connectivity index (χ2n) is 8.95. The molecule has 2 aromatic rings. The smallest absolute Gasteiger partial charge is 0.326 e. The molecule has 3 rings (SSSR count). The van der Waals surface area contributed by atoms with Crippen LogP contribution in [0.25, 0.3) is 0 Å². The Morgan fingerprint density at radius 1 is 1.09 bits per heavy atom. The number of carboxylic acids is 1. The van der Waals surface area contributed by atoms with E-state index in [1.165, 1.54) is 4.90 Å². The van der Waals surface area contributed by atoms with Crippen molar-refractivity contribution in [3.8, 4) is 0 Å². The summed E-state index contributed by atoms with van der Waals surface area (Å²) >= 11 is 12.2. The van der Waals surface area contributed by atoms with Gasteiger partial charge in [-0.05, 0) is 49.1 Å². The van der Waals surface area contributed by atoms with Crippen LogP contribution in [0.3, 0.4) is 0 Å². The van der Waals surface area contributed by atoms with Crippen LogP contribution < -0.4 is 5.32 Å². The molecule has 1 atom stereocenters. The number of amides is 2. The number of nitrogens with one attached hydrogen (secondary N) is 1. The second kappa shape index (κ2) is 11.9. The maximum atomic E-state index is 13.4. The summed E-state index contributed by atoms with van der Waals surface area (Å²) in [6.07, 6.45) is 4.12. The second-order valence-corrected chi connectivity index (χ2v) is 9.77. The summed E-state index contributed by atoms with van der Waals surface area (Å²) < 4.78 is 5.21. The molecule has 7 nitrogen and oxygen atoms in total. The van der Waals surface area contributed by atoms with Crippen LogP contribution in [0.2, 0.25) is 10.0 Å². The van der Waals surface area contributed by atoms with E-state index in [0.717, 1.165) is 31.2 Å². The zero-order valence-corrected chi connectivity index (χ0v) is 21.4. The summed E-state index contributed by atoms with van der Waals surface area (Å²) in [5.41, 5.74) is 0.853. The van der Waals surface area contributed by atoms with Crippen LogP contribution in [-0.4, -0.2) is 54.6 Å². The van der Waals surface area contributed by atoms with Gasteiger partial charge in [0, 0.05) is 32.9 Å². The van der Waals surface area contributed by atoms with E-state index >= 15 is 0 Å². The van der Waals surface area contributed by atoms with Gasteiger partial charge in [-0.15, -0.1) is 0 Å². The number of carbonyl (C=O) groups is 3. The number of hydrogen-bond donors (Lipinski definition) is 2. The molecule has 0 spiro atoms. The number of anilines is 1. The number of methoxy groups -OCH3 is 1. The van der Waals surface area contributed by atoms with Gasteiger partial charge in [-0.25, -0.2) is 4.79 Å². The maximum Gasteiger partial charge on any atom is 0.326 e. The minimum Gasteiger partial charge on any atom is -0.480 e. The van der Waals surface area contributed by atoms with Gasteiger partial charge in [-0.2, -0.15) is 0 Å². The molecule has 0 aliphatic heterocycles. The molecule has 0 heterocycles. The van der Waals surface area contributed by atoms with Crippen molar-refractivity contribution >= 4 is 46.7 Å². The van der Waals surface area contributed by atoms with Crippen molar-refractivity contribution in [3.63, 3.8) is 0 Å². The molecule has 188 valence electrons. The van der Waals surface area contributed by atoms with Gasteiger partial charge in [0.1, 0.15) is 6.04 Å². The third-order valence-electron chi connectivity index (χ3n) is 6.70. The topological polar surface area (TPSA) is 95.9 Å². The maximum absolute atomic E-state index is 13.4. The number of likely N-dealkylation sites (N-methyl/N-ethyl adjacent to an activating group) is 1. The molecule has 0 bridgehead atoms. The third-order valence-corrected chi connectivity index (χ3v) is 7.33. The molecule has 1 fully saturated rings. The van der Waals surface area contributed by atoms with Crippen LogP contribution in [-0.2, 0) is 20.7 Å². The van der Waals surface area contributed by atoms with Gasteiger partial charge in [0.2, 0.25) is 5.91 Å². The molecular formula is C26H30Cl2N2O5. The Bertz CT molecular complexity index is 1050. The van der Waals surface area contributed by atoms with Crippen LogP contribution in [0, 0.1) is 5.41 Å². The predicted octanol–water partition coefficient (Wildman–Crippen LogP) is 5.30. The number of ether oxygens (including phenoxy) is 1. The summed E-state index contributed by atoms with van der Waals surface area (Å²) in [6.45, 7) is 0.462. The van der Waals surface area contributed by atoms with Gasteiger partial charge < -0.3 is 20.1 Å². The minimum atomic E-state index is -1.06. The highest BCUT2D eigenvalue weighted by Gasteiger charge is 2.44. The Morgan fingerprint density at radius 3 is 2.23 bits per heavy atom. The van der Waals surface area contributed by atoms with Crippen molar-refractivity contribution in [3.05, 3.63) is 63.6 Å². The summed E-state index contributed by atoms with van der Waals surface area (Å²) in [6, 6.07) is 10.6. The lowest BCUT2D eigenvalue weighted by molar-refractivity contribution is -0.154. The average molecular weight is 521 g/mol. The first-order valence-electron chi connectivity index (χ1n) is 11.5. The molecule has 35 heavy (non-hydrogen) atoms. The van der Waals surface area contributed by atoms with Crippen molar-refractivity contribution in [1.29, 1.82) is 0 Å². The van der Waals surface area contributed by atoms with Gasteiger partial charge in [-0.3, -0.25) is 9.59 Å². The highest BCUT2D eigenvalue weighted by atomic mass is 35.5. The van der Waals surface area contributed by atoms with Gasteiger partial charge >= 0.3 is 5.97 Å². The molecule has 2 N–H and O–H groups in total. The third kappa shape index (κ3) is 6.34. The quantitative estimate of drug-likeness (QED) is 0.443. The number of carboxylic acid groups (broad SMARTS) is 1. The average Bonchev–Trinajstić information content (AvgIpc) is 3.31. The van der Waals surface area contributed by atoms with Gasteiger partial charge in [0.25, 0.3) is 5.91 Å². The van der Waals surface area contributed by atoms with Gasteiger partial charge in [0.15, 0.2) is 0 Å². The zero-order valence-electron chi connectivity index (χ0n) is 19.9. The SMILES string of the molecule is COCCC1(C(=O)N(C)[C@@H](Cc2ccc(NC(=O)c3c(Cl)cccc3Cl)cc2)C(=O)O)CCCC1. The van der Waals surface area contributed by atoms with Crippen molar-refractivity contribution in [2.45, 2.75) is 44.6 Å². The van der Waals surface area contributed by atoms with E-state index in [1.54, 1.807) is 56.6 Å². The van der Waals surface area contributed by atoms with E-state index in [0.29, 0.717) is 18.7 Å². The molecule has 1 aliphatic carbocycles. The molecule has 2 amide bonds. The van der Waals surface area contributed by atoms with Crippen molar-refractivity contribution in [1.82, 2.24) is 4.90 Å². The van der Waals surface area contributed by atoms with Crippen LogP contribution in [0.1, 0.15) is 48.0 Å². The van der Waals surface area contributed by atoms with Gasteiger partial charge in [-0.1, -0.05) is 54.2 Å². The lowest BCUT2D eigenvalue weighted by Gasteiger charge is -2.35. The summed E-state index contributed by atoms with van der Waals surface area (Å²) in [5, 5.41) is 13.1. The Morgan fingerprint density at radius 2 is 1.69 bits per heavy atom. The first-order chi connectivity index (χ1) is 16.7. The number of aliphatic carboxylic acids is 1. The summed E-state index contributed by atoms with van der Waals surface area (Å²) in [4.78, 5) is 39.5. The number of benzene rings is 2. The first kappa shape index (κ1) is 27.0. The molecule has 0 saturated heterocycles. The fourth-order valence-corrected chi connectivity index (χ4v) is 5.25. The number of halogens is 2. The molecule has 0 unspecified atom stereocenters. The fraction of sp³-hybridized carbons (Fsp3) is 0.423. The molecule has 9 heteroatoms. The summed E-state index contributed by atoms with van der Waals surface area (Å²) in [5.74, 6) is -1.65. The van der Waals surface area contributed by atoms with E-state index in [4.69, 9.17) is 27.9 Å². The van der Waals surface area contributed by atoms with Crippen LogP contribution >= 0.6 is 23.2 Å². The Balaban J connectivity index is 1.71. The normalized spacial score (nSPS) is 15.4. The van der Waals surface area contributed by atoms with Crippen molar-refractivity contribution in [2.75, 3.05) is 26.1 Å². The Kier molecular flexibility index (Phi) is 9.16. The standard InChI is InChI=1S/C26H30Cl2N2O5/c1-30(25(34)26(14-15-35-2)12-3-4-13-26)21(24(32)33)16-17-8-10-18(11-9-17)29-23(31)22-19(27)6-5-7-20(22)28/h5-11,21H,3-4,12-16H2,1-2H3,(H,29,31)(H,32,33)/t21-/m0/s1. The van der Waals surface area contributed by atoms with E-state index < -0.39 is 23.3 Å². The van der Waals surface area contributed by atoms with E-state index in [-0.39, 0.29) is 27.9 Å². The zero-order chi connectivity index (χ0) is 25.6. The van der Waals surface area contributed by atoms with Gasteiger partial charge in [0.05, 0.1) is 21.0 Å². The largest absolute Gasteiger partial charge is 0.480 e. The number of rotatable bonds is 10. The van der Waals surface area contributed by atoms with Crippen molar-refractivity contribution in [2.24, 2.45) is 5.41 Å². The summed E-state index contributed by atoms with van der Waals surface area (Å²) in [7, 11) is 3.17. The molecule has 0 radical (unpaired) electrons. The Labute approximate surface area is 215 Å². The Hall–Kier alpha value is -2.61. The first-order valence-corrected chi connectivity index (χ1v) is 12.3. The number of carbonyl (C=O) groups excluding carboxylic acids is 2. The van der Waals surface area contributed by atoms with Crippen LogP contribution in [0.5, 0.6) is 0 Å². The molecule has 1 aliphatic rings. The van der Waals surface area contributed by atoms with E-state index in [2.05, 4.69) is 5.32 Å². The lowest BCUT2D eigenvalue weighted by atomic mass is 9.81. The van der Waals surface area contributed by atoms with E-state index in [9.17, 15) is 19.5 Å². The lowest BCUT2D eigenvalue weighted by Crippen LogP contribution is -2.50. The molecule has 1 saturated carbocycles. The number of hydrogen-bond acceptors (Lipinski definition) is 4. The van der Waals surface area contributed by atoms with Crippen molar-refractivity contribution < 1.29 is 24.2 Å². The highest BCUT2D eigenvalue weighted by molar-refractivity contribution is 6.40. The van der Waals surface area contributed by atoms with E-state index in [1.807, 2.05) is 0 Å². The fourth-order valence-electron chi connectivity index (χ4n) is 4.68.